The minimum Gasteiger partial charge on any atom is -0.332 e. The van der Waals surface area contributed by atoms with Gasteiger partial charge in [-0.05, 0) is 0 Å². The summed E-state index contributed by atoms with van der Waals surface area (Å²) in [4.78, 5) is 31.0. The molecule has 6 heteroatoms. The van der Waals surface area contributed by atoms with Gasteiger partial charge in [-0.3, -0.25) is 9.59 Å². The molecule has 1 aliphatic heterocycles. The van der Waals surface area contributed by atoms with Gasteiger partial charge in [0.25, 0.3) is 0 Å². The molecule has 4 nitrogen and oxygen atoms in total. The van der Waals surface area contributed by atoms with E-state index in [1.54, 1.807) is 29.7 Å². The molecule has 1 atom stereocenters. The van der Waals surface area contributed by atoms with E-state index in [-0.39, 0.29) is 30.6 Å². The Hall–Kier alpha value is -1.66. The summed E-state index contributed by atoms with van der Waals surface area (Å²) in [6, 6.07) is 9.20. The monoisotopic (exact) mass is 346 g/mol. The van der Waals surface area contributed by atoms with E-state index in [1.807, 2.05) is 40.2 Å². The van der Waals surface area contributed by atoms with Crippen LogP contribution in [-0.4, -0.2) is 39.6 Å². The Bertz CT molecular complexity index is 658. The molecule has 2 aromatic rings. The Morgan fingerprint density at radius 3 is 2.78 bits per heavy atom. The normalized spacial score (nSPS) is 17.9. The fraction of sp³-hybridized carbons (Fsp3) is 0.353. The predicted octanol–water partition coefficient (Wildman–Crippen LogP) is 3.42. The average molecular weight is 346 g/mol. The third kappa shape index (κ3) is 4.00. The molecule has 1 aromatic carbocycles. The highest BCUT2D eigenvalue weighted by Crippen LogP contribution is 2.31. The van der Waals surface area contributed by atoms with Gasteiger partial charge in [0.05, 0.1) is 6.04 Å². The summed E-state index contributed by atoms with van der Waals surface area (Å²) in [5.41, 5.74) is 0.672. The van der Waals surface area contributed by atoms with Crippen molar-refractivity contribution in [2.75, 3.05) is 18.1 Å². The second kappa shape index (κ2) is 7.75. The standard InChI is InChI=1S/C17H18N2O2S2/c20-15(13-4-2-1-3-5-13)6-7-16(21)19-9-11-22-12-14(19)17-18-8-10-23-17/h1-5,8,10,14H,6-7,9,11-12H2/t14-/m0/s1. The minimum atomic E-state index is 0.0242. The van der Waals surface area contributed by atoms with E-state index in [0.717, 1.165) is 23.1 Å². The molecule has 1 amide bonds. The first-order valence-corrected chi connectivity index (χ1v) is 9.64. The predicted molar refractivity (Wildman–Crippen MR) is 93.9 cm³/mol. The Balaban J connectivity index is 1.61. The Labute approximate surface area is 143 Å². The van der Waals surface area contributed by atoms with Crippen molar-refractivity contribution in [1.29, 1.82) is 0 Å². The summed E-state index contributed by atoms with van der Waals surface area (Å²) in [5, 5.41) is 2.93. The van der Waals surface area contributed by atoms with E-state index < -0.39 is 0 Å². The molecule has 23 heavy (non-hydrogen) atoms. The van der Waals surface area contributed by atoms with Gasteiger partial charge >= 0.3 is 0 Å². The molecule has 0 saturated carbocycles. The maximum Gasteiger partial charge on any atom is 0.223 e. The lowest BCUT2D eigenvalue weighted by atomic mass is 10.1. The maximum absolute atomic E-state index is 12.6. The third-order valence-corrected chi connectivity index (χ3v) is 5.75. The number of ketones is 1. The van der Waals surface area contributed by atoms with Gasteiger partial charge in [-0.15, -0.1) is 11.3 Å². The van der Waals surface area contributed by atoms with Crippen LogP contribution in [0, 0.1) is 0 Å². The Kier molecular flexibility index (Phi) is 5.46. The fourth-order valence-corrected chi connectivity index (χ4v) is 4.55. The fourth-order valence-electron chi connectivity index (χ4n) is 2.64. The number of thiazole rings is 1. The first kappa shape index (κ1) is 16.2. The zero-order chi connectivity index (χ0) is 16.1. The zero-order valence-corrected chi connectivity index (χ0v) is 14.3. The smallest absolute Gasteiger partial charge is 0.223 e. The molecule has 0 aliphatic carbocycles. The van der Waals surface area contributed by atoms with Crippen LogP contribution in [0.4, 0.5) is 0 Å². The van der Waals surface area contributed by atoms with Crippen molar-refractivity contribution >= 4 is 34.8 Å². The summed E-state index contributed by atoms with van der Waals surface area (Å²) in [6.45, 7) is 0.729. The molecule has 0 bridgehead atoms. The lowest BCUT2D eigenvalue weighted by Gasteiger charge is -2.34. The number of carbonyl (C=O) groups excluding carboxylic acids is 2. The Morgan fingerprint density at radius 2 is 2.04 bits per heavy atom. The molecule has 2 heterocycles. The molecular weight excluding hydrogens is 328 g/mol. The van der Waals surface area contributed by atoms with Gasteiger partial charge < -0.3 is 4.90 Å². The van der Waals surface area contributed by atoms with Gasteiger partial charge in [-0.2, -0.15) is 11.8 Å². The number of benzene rings is 1. The number of aromatic nitrogens is 1. The average Bonchev–Trinajstić information content (AvgIpc) is 3.14. The van der Waals surface area contributed by atoms with Crippen molar-refractivity contribution in [3.05, 3.63) is 52.5 Å². The highest BCUT2D eigenvalue weighted by molar-refractivity contribution is 7.99. The second-order valence-electron chi connectivity index (χ2n) is 5.34. The van der Waals surface area contributed by atoms with Gasteiger partial charge in [-0.1, -0.05) is 30.3 Å². The van der Waals surface area contributed by atoms with Crippen molar-refractivity contribution in [1.82, 2.24) is 9.88 Å². The van der Waals surface area contributed by atoms with Crippen LogP contribution < -0.4 is 0 Å². The van der Waals surface area contributed by atoms with Crippen molar-refractivity contribution in [3.63, 3.8) is 0 Å². The number of rotatable bonds is 5. The maximum atomic E-state index is 12.6. The third-order valence-electron chi connectivity index (χ3n) is 3.85. The highest BCUT2D eigenvalue weighted by atomic mass is 32.2. The van der Waals surface area contributed by atoms with Gasteiger partial charge in [-0.25, -0.2) is 4.98 Å². The number of amides is 1. The SMILES string of the molecule is O=C(CCC(=O)N1CCSC[C@H]1c1nccs1)c1ccccc1. The van der Waals surface area contributed by atoms with E-state index in [2.05, 4.69) is 4.98 Å². The molecule has 1 saturated heterocycles. The Morgan fingerprint density at radius 1 is 1.22 bits per heavy atom. The quantitative estimate of drug-likeness (QED) is 0.779. The van der Waals surface area contributed by atoms with Crippen molar-refractivity contribution in [2.45, 2.75) is 18.9 Å². The molecule has 1 fully saturated rings. The van der Waals surface area contributed by atoms with E-state index >= 15 is 0 Å². The highest BCUT2D eigenvalue weighted by Gasteiger charge is 2.29. The number of hydrogen-bond donors (Lipinski definition) is 0. The van der Waals surface area contributed by atoms with Crippen molar-refractivity contribution in [2.24, 2.45) is 0 Å². The number of hydrogen-bond acceptors (Lipinski definition) is 5. The molecule has 120 valence electrons. The lowest BCUT2D eigenvalue weighted by molar-refractivity contribution is -0.133. The topological polar surface area (TPSA) is 50.3 Å². The van der Waals surface area contributed by atoms with Crippen LogP contribution in [0.2, 0.25) is 0 Å². The van der Waals surface area contributed by atoms with Gasteiger partial charge in [0.1, 0.15) is 5.01 Å². The van der Waals surface area contributed by atoms with E-state index in [4.69, 9.17) is 0 Å². The first-order chi connectivity index (χ1) is 11.3. The molecule has 1 aliphatic rings. The van der Waals surface area contributed by atoms with E-state index in [9.17, 15) is 9.59 Å². The van der Waals surface area contributed by atoms with E-state index in [0.29, 0.717) is 5.56 Å². The van der Waals surface area contributed by atoms with Crippen molar-refractivity contribution < 1.29 is 9.59 Å². The van der Waals surface area contributed by atoms with Crippen LogP contribution in [-0.2, 0) is 4.79 Å². The molecule has 0 unspecified atom stereocenters. The lowest BCUT2D eigenvalue weighted by Crippen LogP contribution is -2.40. The van der Waals surface area contributed by atoms with Crippen LogP contribution in [0.3, 0.4) is 0 Å². The number of nitrogens with zero attached hydrogens (tertiary/aromatic N) is 2. The van der Waals surface area contributed by atoms with Gasteiger partial charge in [0, 0.05) is 48.0 Å². The summed E-state index contributed by atoms with van der Waals surface area (Å²) in [6.07, 6.45) is 2.30. The second-order valence-corrected chi connectivity index (χ2v) is 7.41. The molecule has 3 rings (SSSR count). The summed E-state index contributed by atoms with van der Waals surface area (Å²) in [7, 11) is 0. The van der Waals surface area contributed by atoms with Crippen LogP contribution in [0.5, 0.6) is 0 Å². The van der Waals surface area contributed by atoms with E-state index in [1.165, 1.54) is 0 Å². The van der Waals surface area contributed by atoms with Crippen LogP contribution in [0.15, 0.2) is 41.9 Å². The summed E-state index contributed by atoms with van der Waals surface area (Å²) >= 11 is 3.44. The largest absolute Gasteiger partial charge is 0.332 e. The molecule has 0 N–H and O–H groups in total. The van der Waals surface area contributed by atoms with Crippen LogP contribution >= 0.6 is 23.1 Å². The number of Topliss-reactive ketones (excluding diaryl/α,β-unsaturated/α-hetero) is 1. The molecule has 0 radical (unpaired) electrons. The summed E-state index contributed by atoms with van der Waals surface area (Å²) < 4.78 is 0. The molecule has 1 aromatic heterocycles. The number of carbonyl (C=O) groups is 2. The van der Waals surface area contributed by atoms with Gasteiger partial charge in [0.15, 0.2) is 5.78 Å². The number of thioether (sulfide) groups is 1. The van der Waals surface area contributed by atoms with Gasteiger partial charge in [0.2, 0.25) is 5.91 Å². The zero-order valence-electron chi connectivity index (χ0n) is 12.7. The van der Waals surface area contributed by atoms with Crippen LogP contribution in [0.25, 0.3) is 0 Å². The molecule has 0 spiro atoms. The van der Waals surface area contributed by atoms with Crippen molar-refractivity contribution in [3.8, 4) is 0 Å². The molecular formula is C17H18N2O2S2. The first-order valence-electron chi connectivity index (χ1n) is 7.60. The summed E-state index contributed by atoms with van der Waals surface area (Å²) in [5.74, 6) is 1.90. The minimum absolute atomic E-state index is 0.0242. The van der Waals surface area contributed by atoms with Crippen LogP contribution in [0.1, 0.15) is 34.2 Å².